The number of halogens is 1. The van der Waals surface area contributed by atoms with Gasteiger partial charge in [-0.3, -0.25) is 4.99 Å². The summed E-state index contributed by atoms with van der Waals surface area (Å²) in [6.45, 7) is 6.93. The van der Waals surface area contributed by atoms with Crippen molar-refractivity contribution in [1.29, 1.82) is 0 Å². The lowest BCUT2D eigenvalue weighted by molar-refractivity contribution is 0.461. The quantitative estimate of drug-likeness (QED) is 0.221. The van der Waals surface area contributed by atoms with E-state index in [2.05, 4.69) is 52.1 Å². The molecule has 0 amide bonds. The van der Waals surface area contributed by atoms with Gasteiger partial charge in [0.1, 0.15) is 5.82 Å². The van der Waals surface area contributed by atoms with E-state index in [0.717, 1.165) is 23.8 Å². The van der Waals surface area contributed by atoms with E-state index in [1.54, 1.807) is 11.8 Å². The topological polar surface area (TPSA) is 81.1 Å². The van der Waals surface area contributed by atoms with Crippen molar-refractivity contribution in [3.05, 3.63) is 5.82 Å². The average molecular weight is 466 g/mol. The van der Waals surface area contributed by atoms with Gasteiger partial charge in [0.25, 0.3) is 0 Å². The van der Waals surface area contributed by atoms with Gasteiger partial charge >= 0.3 is 0 Å². The van der Waals surface area contributed by atoms with Crippen LogP contribution in [0.4, 0.5) is 0 Å². The number of nitrogens with zero attached hydrogens (tertiary/aromatic N) is 4. The zero-order valence-electron chi connectivity index (χ0n) is 15.2. The number of nitrogens with two attached hydrogens (primary N) is 1. The first-order chi connectivity index (χ1) is 10.9. The van der Waals surface area contributed by atoms with Crippen molar-refractivity contribution in [3.8, 4) is 0 Å². The SMILES string of the molecule is CSc1nnc(CCCN=C(N)NC(C)(C)C)n1C1CCCC1.I. The average Bonchev–Trinajstić information content (AvgIpc) is 3.10. The summed E-state index contributed by atoms with van der Waals surface area (Å²) >= 11 is 1.69. The van der Waals surface area contributed by atoms with E-state index in [1.807, 2.05) is 0 Å². The highest BCUT2D eigenvalue weighted by Crippen LogP contribution is 2.33. The Kier molecular flexibility index (Phi) is 8.83. The second-order valence-electron chi connectivity index (χ2n) is 7.16. The van der Waals surface area contributed by atoms with Gasteiger partial charge in [0.2, 0.25) is 0 Å². The Bertz CT molecular complexity index is 531. The van der Waals surface area contributed by atoms with Crippen LogP contribution in [0, 0.1) is 0 Å². The van der Waals surface area contributed by atoms with Crippen LogP contribution >= 0.6 is 35.7 Å². The van der Waals surface area contributed by atoms with Gasteiger partial charge in [-0.15, -0.1) is 34.2 Å². The Morgan fingerprint density at radius 2 is 2.00 bits per heavy atom. The Hall–Kier alpha value is -0.510. The number of nitrogens with one attached hydrogen (secondary N) is 1. The van der Waals surface area contributed by atoms with Crippen molar-refractivity contribution in [2.24, 2.45) is 10.7 Å². The Labute approximate surface area is 166 Å². The van der Waals surface area contributed by atoms with Gasteiger partial charge < -0.3 is 15.6 Å². The number of guanidine groups is 1. The van der Waals surface area contributed by atoms with Crippen LogP contribution in [-0.2, 0) is 6.42 Å². The molecule has 1 aromatic rings. The summed E-state index contributed by atoms with van der Waals surface area (Å²) in [5, 5.41) is 13.0. The number of thioether (sulfide) groups is 1. The molecule has 0 spiro atoms. The first-order valence-electron chi connectivity index (χ1n) is 8.46. The van der Waals surface area contributed by atoms with E-state index in [0.29, 0.717) is 18.5 Å². The van der Waals surface area contributed by atoms with Crippen LogP contribution in [0.15, 0.2) is 10.1 Å². The summed E-state index contributed by atoms with van der Waals surface area (Å²) < 4.78 is 2.36. The molecule has 1 saturated carbocycles. The Balaban J connectivity index is 0.00000288. The fourth-order valence-electron chi connectivity index (χ4n) is 3.01. The molecule has 0 radical (unpaired) electrons. The Morgan fingerprint density at radius 3 is 2.58 bits per heavy atom. The molecule has 2 rings (SSSR count). The molecular formula is C16H31IN6S. The maximum Gasteiger partial charge on any atom is 0.191 e. The molecular weight excluding hydrogens is 435 g/mol. The molecule has 0 unspecified atom stereocenters. The van der Waals surface area contributed by atoms with E-state index >= 15 is 0 Å². The second kappa shape index (κ2) is 9.84. The first-order valence-corrected chi connectivity index (χ1v) is 9.69. The maximum absolute atomic E-state index is 5.90. The molecule has 0 aromatic carbocycles. The molecule has 0 saturated heterocycles. The monoisotopic (exact) mass is 466 g/mol. The molecule has 1 heterocycles. The van der Waals surface area contributed by atoms with Crippen LogP contribution in [0.25, 0.3) is 0 Å². The highest BCUT2D eigenvalue weighted by Gasteiger charge is 2.23. The van der Waals surface area contributed by atoms with E-state index < -0.39 is 0 Å². The second-order valence-corrected chi connectivity index (χ2v) is 7.93. The predicted octanol–water partition coefficient (Wildman–Crippen LogP) is 3.37. The van der Waals surface area contributed by atoms with Crippen LogP contribution in [0.3, 0.4) is 0 Å². The third-order valence-electron chi connectivity index (χ3n) is 3.95. The van der Waals surface area contributed by atoms with Crippen molar-refractivity contribution in [1.82, 2.24) is 20.1 Å². The fourth-order valence-corrected chi connectivity index (χ4v) is 3.58. The smallest absolute Gasteiger partial charge is 0.191 e. The molecule has 0 atom stereocenters. The van der Waals surface area contributed by atoms with Crippen LogP contribution in [0.1, 0.15) is 64.7 Å². The molecule has 1 fully saturated rings. The minimum Gasteiger partial charge on any atom is -0.370 e. The van der Waals surface area contributed by atoms with Gasteiger partial charge in [-0.25, -0.2) is 0 Å². The Morgan fingerprint density at radius 1 is 1.33 bits per heavy atom. The lowest BCUT2D eigenvalue weighted by Crippen LogP contribution is -2.45. The molecule has 138 valence electrons. The van der Waals surface area contributed by atoms with Crippen LogP contribution in [0.5, 0.6) is 0 Å². The fraction of sp³-hybridized carbons (Fsp3) is 0.812. The van der Waals surface area contributed by atoms with E-state index in [-0.39, 0.29) is 29.5 Å². The maximum atomic E-state index is 5.90. The predicted molar refractivity (Wildman–Crippen MR) is 112 cm³/mol. The zero-order chi connectivity index (χ0) is 16.9. The summed E-state index contributed by atoms with van der Waals surface area (Å²) in [7, 11) is 0. The van der Waals surface area contributed by atoms with Gasteiger partial charge in [0.15, 0.2) is 11.1 Å². The molecule has 8 heteroatoms. The van der Waals surface area contributed by atoms with E-state index in [9.17, 15) is 0 Å². The van der Waals surface area contributed by atoms with Gasteiger partial charge in [-0.2, -0.15) is 0 Å². The summed E-state index contributed by atoms with van der Waals surface area (Å²) in [4.78, 5) is 4.40. The van der Waals surface area contributed by atoms with Crippen molar-refractivity contribution in [2.45, 2.75) is 76.0 Å². The highest BCUT2D eigenvalue weighted by atomic mass is 127. The molecule has 0 aliphatic heterocycles. The summed E-state index contributed by atoms with van der Waals surface area (Å²) in [5.74, 6) is 1.61. The zero-order valence-corrected chi connectivity index (χ0v) is 18.4. The molecule has 3 N–H and O–H groups in total. The molecule has 24 heavy (non-hydrogen) atoms. The third kappa shape index (κ3) is 6.42. The normalized spacial score (nSPS) is 16.2. The van der Waals surface area contributed by atoms with E-state index in [4.69, 9.17) is 5.73 Å². The first kappa shape index (κ1) is 21.5. The van der Waals surface area contributed by atoms with Crippen molar-refractivity contribution in [2.75, 3.05) is 12.8 Å². The van der Waals surface area contributed by atoms with Crippen molar-refractivity contribution in [3.63, 3.8) is 0 Å². The molecule has 1 aliphatic rings. The number of aryl methyl sites for hydroxylation is 1. The van der Waals surface area contributed by atoms with Gasteiger partial charge in [0, 0.05) is 24.5 Å². The molecule has 1 aliphatic carbocycles. The minimum atomic E-state index is -0.0521. The van der Waals surface area contributed by atoms with E-state index in [1.165, 1.54) is 25.7 Å². The standard InChI is InChI=1S/C16H30N6S.HI/c1-16(2,3)19-14(17)18-11-7-10-13-20-21-15(23-4)22(13)12-8-5-6-9-12;/h12H,5-11H2,1-4H3,(H3,17,18,19);1H. The summed E-state index contributed by atoms with van der Waals surface area (Å²) in [6.07, 6.45) is 9.04. The van der Waals surface area contributed by atoms with Gasteiger partial charge in [-0.1, -0.05) is 24.6 Å². The number of rotatable bonds is 6. The summed E-state index contributed by atoms with van der Waals surface area (Å²) in [6, 6.07) is 0.582. The minimum absolute atomic E-state index is 0. The van der Waals surface area contributed by atoms with Crippen molar-refractivity contribution < 1.29 is 0 Å². The number of hydrogen-bond acceptors (Lipinski definition) is 4. The molecule has 6 nitrogen and oxygen atoms in total. The largest absolute Gasteiger partial charge is 0.370 e. The highest BCUT2D eigenvalue weighted by molar-refractivity contribution is 14.0. The van der Waals surface area contributed by atoms with Crippen molar-refractivity contribution >= 4 is 41.7 Å². The number of aromatic nitrogens is 3. The molecule has 0 bridgehead atoms. The van der Waals surface area contributed by atoms with Crippen LogP contribution < -0.4 is 11.1 Å². The number of aliphatic imine (C=N–C) groups is 1. The lowest BCUT2D eigenvalue weighted by atomic mass is 10.1. The van der Waals surface area contributed by atoms with Crippen LogP contribution in [0.2, 0.25) is 0 Å². The third-order valence-corrected chi connectivity index (χ3v) is 4.59. The van der Waals surface area contributed by atoms with Gasteiger partial charge in [0.05, 0.1) is 0 Å². The number of hydrogen-bond donors (Lipinski definition) is 2. The van der Waals surface area contributed by atoms with Gasteiger partial charge in [-0.05, 0) is 46.3 Å². The lowest BCUT2D eigenvalue weighted by Gasteiger charge is -2.21. The van der Waals surface area contributed by atoms with Crippen LogP contribution in [-0.4, -0.2) is 39.1 Å². The summed E-state index contributed by atoms with van der Waals surface area (Å²) in [5.41, 5.74) is 5.84. The molecule has 1 aromatic heterocycles.